The Morgan fingerprint density at radius 1 is 0.424 bits per heavy atom. The van der Waals surface area contributed by atoms with Crippen LogP contribution in [0.2, 0.25) is 0 Å². The van der Waals surface area contributed by atoms with Crippen molar-refractivity contribution in [1.82, 2.24) is 0 Å². The Morgan fingerprint density at radius 3 is 1.03 bits per heavy atom. The molecule has 0 saturated carbocycles. The summed E-state index contributed by atoms with van der Waals surface area (Å²) in [6.07, 6.45) is 0. The van der Waals surface area contributed by atoms with E-state index in [-0.39, 0.29) is 32.5 Å². The fraction of sp³-hybridized carbons (Fsp3) is 0.200. The van der Waals surface area contributed by atoms with Gasteiger partial charge in [-0.1, -0.05) is 113 Å². The third kappa shape index (κ3) is 6.60. The van der Waals surface area contributed by atoms with Gasteiger partial charge in [-0.15, -0.1) is 0 Å². The molecule has 4 rings (SSSR count). The van der Waals surface area contributed by atoms with Gasteiger partial charge in [-0.2, -0.15) is 0 Å². The van der Waals surface area contributed by atoms with E-state index < -0.39 is 0 Å². The van der Waals surface area contributed by atoms with Gasteiger partial charge in [0.1, 0.15) is 11.5 Å². The molecule has 0 spiro atoms. The van der Waals surface area contributed by atoms with Gasteiger partial charge in [0, 0.05) is 32.5 Å². The molecule has 0 bridgehead atoms. The van der Waals surface area contributed by atoms with Gasteiger partial charge in [0.2, 0.25) is 0 Å². The van der Waals surface area contributed by atoms with Gasteiger partial charge in [0.25, 0.3) is 0 Å². The van der Waals surface area contributed by atoms with Crippen molar-refractivity contribution < 1.29 is 31.9 Å². The van der Waals surface area contributed by atoms with Crippen LogP contribution in [-0.4, -0.2) is 10.2 Å². The van der Waals surface area contributed by atoms with E-state index in [1.165, 1.54) is 11.1 Å². The molecule has 0 aliphatic rings. The first-order valence-corrected chi connectivity index (χ1v) is 10.9. The SMILES string of the molecule is CC(C)(c1ccccc1)c1cccc(O)c1.CC(C)(c1ccccc1)c1cccc(O)c1.[Ti]. The molecule has 0 unspecified atom stereocenters. The predicted molar refractivity (Wildman–Crippen MR) is 133 cm³/mol. The van der Waals surface area contributed by atoms with Crippen molar-refractivity contribution in [3.63, 3.8) is 0 Å². The van der Waals surface area contributed by atoms with Crippen LogP contribution in [0.4, 0.5) is 0 Å². The van der Waals surface area contributed by atoms with Crippen molar-refractivity contribution in [3.8, 4) is 11.5 Å². The number of phenols is 2. The van der Waals surface area contributed by atoms with Gasteiger partial charge in [0.05, 0.1) is 0 Å². The van der Waals surface area contributed by atoms with E-state index in [0.717, 1.165) is 11.1 Å². The molecule has 0 fully saturated rings. The van der Waals surface area contributed by atoms with Crippen molar-refractivity contribution in [1.29, 1.82) is 0 Å². The predicted octanol–water partition coefficient (Wildman–Crippen LogP) is 7.43. The normalized spacial score (nSPS) is 11.0. The largest absolute Gasteiger partial charge is 0.508 e. The summed E-state index contributed by atoms with van der Waals surface area (Å²) in [5.41, 5.74) is 4.58. The maximum atomic E-state index is 9.52. The Kier molecular flexibility index (Phi) is 9.11. The molecule has 4 aromatic rings. The molecule has 168 valence electrons. The molecule has 3 heteroatoms. The van der Waals surface area contributed by atoms with Gasteiger partial charge in [-0.05, 0) is 46.5 Å². The Labute approximate surface area is 212 Å². The molecule has 4 aromatic carbocycles. The van der Waals surface area contributed by atoms with Crippen LogP contribution in [0.3, 0.4) is 0 Å². The monoisotopic (exact) mass is 472 g/mol. The Bertz CT molecular complexity index is 1040. The molecule has 0 atom stereocenters. The van der Waals surface area contributed by atoms with Crippen LogP contribution < -0.4 is 0 Å². The second-order valence-corrected chi connectivity index (χ2v) is 9.08. The summed E-state index contributed by atoms with van der Waals surface area (Å²) in [6, 6.07) is 35.6. The number of rotatable bonds is 4. The summed E-state index contributed by atoms with van der Waals surface area (Å²) >= 11 is 0. The zero-order chi connectivity index (χ0) is 23.2. The van der Waals surface area contributed by atoms with Crippen LogP contribution >= 0.6 is 0 Å². The molecular weight excluding hydrogens is 440 g/mol. The van der Waals surface area contributed by atoms with Crippen LogP contribution in [0, 0.1) is 0 Å². The smallest absolute Gasteiger partial charge is 0.115 e. The topological polar surface area (TPSA) is 40.5 Å². The minimum atomic E-state index is -0.0833. The zero-order valence-corrected chi connectivity index (χ0v) is 21.3. The molecule has 2 nitrogen and oxygen atoms in total. The molecule has 0 radical (unpaired) electrons. The van der Waals surface area contributed by atoms with Gasteiger partial charge < -0.3 is 10.2 Å². The molecule has 0 amide bonds. The summed E-state index contributed by atoms with van der Waals surface area (Å²) in [6.45, 7) is 8.66. The van der Waals surface area contributed by atoms with E-state index in [4.69, 9.17) is 0 Å². The van der Waals surface area contributed by atoms with Crippen molar-refractivity contribution in [2.45, 2.75) is 38.5 Å². The van der Waals surface area contributed by atoms with Crippen LogP contribution in [0.15, 0.2) is 109 Å². The summed E-state index contributed by atoms with van der Waals surface area (Å²) in [5.74, 6) is 0.642. The molecule has 2 N–H and O–H groups in total. The van der Waals surface area contributed by atoms with Gasteiger partial charge in [-0.25, -0.2) is 0 Å². The third-order valence-electron chi connectivity index (χ3n) is 6.13. The summed E-state index contributed by atoms with van der Waals surface area (Å²) < 4.78 is 0. The van der Waals surface area contributed by atoms with Crippen molar-refractivity contribution in [2.75, 3.05) is 0 Å². The van der Waals surface area contributed by atoms with Crippen LogP contribution in [0.1, 0.15) is 49.9 Å². The number of phenolic OH excluding ortho intramolecular Hbond substituents is 2. The van der Waals surface area contributed by atoms with Crippen molar-refractivity contribution >= 4 is 0 Å². The number of hydrogen-bond donors (Lipinski definition) is 2. The van der Waals surface area contributed by atoms with Crippen molar-refractivity contribution in [2.24, 2.45) is 0 Å². The van der Waals surface area contributed by atoms with E-state index >= 15 is 0 Å². The van der Waals surface area contributed by atoms with Crippen LogP contribution in [-0.2, 0) is 32.5 Å². The zero-order valence-electron chi connectivity index (χ0n) is 19.8. The minimum absolute atomic E-state index is 0. The van der Waals surface area contributed by atoms with Crippen LogP contribution in [0.25, 0.3) is 0 Å². The first-order chi connectivity index (χ1) is 15.2. The average Bonchev–Trinajstić information content (AvgIpc) is 2.81. The fourth-order valence-electron chi connectivity index (χ4n) is 3.83. The third-order valence-corrected chi connectivity index (χ3v) is 6.13. The summed E-state index contributed by atoms with van der Waals surface area (Å²) in [7, 11) is 0. The summed E-state index contributed by atoms with van der Waals surface area (Å²) in [5, 5.41) is 19.0. The maximum absolute atomic E-state index is 9.52. The molecular formula is C30H32O2Ti. The Balaban J connectivity index is 0.000000227. The second-order valence-electron chi connectivity index (χ2n) is 9.08. The fourth-order valence-corrected chi connectivity index (χ4v) is 3.83. The average molecular weight is 472 g/mol. The molecule has 0 aliphatic heterocycles. The quantitative estimate of drug-likeness (QED) is 0.303. The van der Waals surface area contributed by atoms with Gasteiger partial charge in [-0.3, -0.25) is 0 Å². The van der Waals surface area contributed by atoms with Crippen LogP contribution in [0.5, 0.6) is 11.5 Å². The molecule has 0 heterocycles. The number of benzene rings is 4. The van der Waals surface area contributed by atoms with Gasteiger partial charge in [0.15, 0.2) is 0 Å². The van der Waals surface area contributed by atoms with E-state index in [1.54, 1.807) is 12.1 Å². The molecule has 0 saturated heterocycles. The second kappa shape index (κ2) is 11.4. The first-order valence-electron chi connectivity index (χ1n) is 10.9. The standard InChI is InChI=1S/2C15H16O.Ti/c2*1-15(2,12-7-4-3-5-8-12)13-9-6-10-14(16)11-13;/h2*3-11,16H,1-2H3;. The van der Waals surface area contributed by atoms with E-state index in [2.05, 4.69) is 52.0 Å². The number of hydrogen-bond acceptors (Lipinski definition) is 2. The van der Waals surface area contributed by atoms with Crippen molar-refractivity contribution in [3.05, 3.63) is 131 Å². The summed E-state index contributed by atoms with van der Waals surface area (Å²) in [4.78, 5) is 0. The number of aromatic hydroxyl groups is 2. The Hall–Kier alpha value is -2.81. The molecule has 0 aromatic heterocycles. The Morgan fingerprint density at radius 2 is 0.727 bits per heavy atom. The minimum Gasteiger partial charge on any atom is -0.508 e. The van der Waals surface area contributed by atoms with E-state index in [9.17, 15) is 10.2 Å². The molecule has 0 aliphatic carbocycles. The molecule has 33 heavy (non-hydrogen) atoms. The van der Waals surface area contributed by atoms with E-state index in [0.29, 0.717) is 11.5 Å². The van der Waals surface area contributed by atoms with Gasteiger partial charge >= 0.3 is 0 Å². The van der Waals surface area contributed by atoms with E-state index in [1.807, 2.05) is 72.8 Å². The maximum Gasteiger partial charge on any atom is 0.115 e. The first kappa shape index (κ1) is 26.4.